The Morgan fingerprint density at radius 2 is 2.00 bits per heavy atom. The van der Waals surface area contributed by atoms with E-state index in [4.69, 9.17) is 4.74 Å². The van der Waals surface area contributed by atoms with E-state index in [0.717, 1.165) is 5.56 Å². The maximum absolute atomic E-state index is 12.9. The molecule has 0 saturated heterocycles. The zero-order valence-electron chi connectivity index (χ0n) is 15.5. The predicted octanol–water partition coefficient (Wildman–Crippen LogP) is 2.79. The number of pyridine rings is 1. The molecule has 3 heterocycles. The standard InChI is InChI=1S/C21H19FN4O3/c22-15-7-5-14(6-8-15)13-23-18(27)4-2-12-29-19-10-9-16-20(25-19)26-11-1-3-17(26)21(28)24-16/h1,3,5-11H,2,4,12-13H2,(H,23,27)(H,24,28). The van der Waals surface area contributed by atoms with Gasteiger partial charge in [-0.2, -0.15) is 4.98 Å². The number of rotatable bonds is 7. The van der Waals surface area contributed by atoms with E-state index in [1.54, 1.807) is 47.0 Å². The van der Waals surface area contributed by atoms with Crippen LogP contribution in [0.1, 0.15) is 18.4 Å². The summed E-state index contributed by atoms with van der Waals surface area (Å²) in [6, 6.07) is 12.9. The van der Waals surface area contributed by atoms with Crippen LogP contribution < -0.4 is 15.6 Å². The lowest BCUT2D eigenvalue weighted by molar-refractivity contribution is -0.121. The average molecular weight is 394 g/mol. The summed E-state index contributed by atoms with van der Waals surface area (Å²) in [6.07, 6.45) is 2.61. The molecule has 2 N–H and O–H groups in total. The van der Waals surface area contributed by atoms with Crippen LogP contribution >= 0.6 is 0 Å². The Balaban J connectivity index is 1.29. The number of fused-ring (bicyclic) bond motifs is 3. The number of carbonyl (C=O) groups is 1. The molecule has 148 valence electrons. The molecule has 4 aromatic rings. The van der Waals surface area contributed by atoms with Gasteiger partial charge in [-0.3, -0.25) is 14.0 Å². The molecule has 0 atom stereocenters. The third kappa shape index (κ3) is 4.26. The maximum Gasteiger partial charge on any atom is 0.272 e. The van der Waals surface area contributed by atoms with E-state index in [1.165, 1.54) is 12.1 Å². The van der Waals surface area contributed by atoms with Crippen molar-refractivity contribution < 1.29 is 13.9 Å². The van der Waals surface area contributed by atoms with Crippen LogP contribution in [0.15, 0.2) is 59.5 Å². The second-order valence-electron chi connectivity index (χ2n) is 6.59. The van der Waals surface area contributed by atoms with Gasteiger partial charge in [0.2, 0.25) is 11.8 Å². The summed E-state index contributed by atoms with van der Waals surface area (Å²) in [5, 5.41) is 2.79. The first-order valence-electron chi connectivity index (χ1n) is 9.24. The molecule has 3 aromatic heterocycles. The van der Waals surface area contributed by atoms with Crippen LogP contribution in [0.4, 0.5) is 4.39 Å². The van der Waals surface area contributed by atoms with Crippen LogP contribution in [0, 0.1) is 5.82 Å². The molecule has 0 fully saturated rings. The molecule has 0 unspecified atom stereocenters. The van der Waals surface area contributed by atoms with E-state index < -0.39 is 0 Å². The largest absolute Gasteiger partial charge is 0.478 e. The van der Waals surface area contributed by atoms with Crippen molar-refractivity contribution in [1.29, 1.82) is 0 Å². The Kier molecular flexibility index (Phi) is 5.24. The zero-order chi connectivity index (χ0) is 20.2. The highest BCUT2D eigenvalue weighted by Gasteiger charge is 2.08. The van der Waals surface area contributed by atoms with Gasteiger partial charge in [0.15, 0.2) is 5.65 Å². The molecule has 0 spiro atoms. The monoisotopic (exact) mass is 394 g/mol. The Labute approximate surface area is 165 Å². The van der Waals surface area contributed by atoms with Crippen molar-refractivity contribution in [3.05, 3.63) is 76.5 Å². The van der Waals surface area contributed by atoms with Crippen LogP contribution in [-0.4, -0.2) is 26.9 Å². The molecule has 0 radical (unpaired) electrons. The Morgan fingerprint density at radius 3 is 2.83 bits per heavy atom. The van der Waals surface area contributed by atoms with E-state index >= 15 is 0 Å². The minimum atomic E-state index is -0.302. The number of ether oxygens (including phenoxy) is 1. The van der Waals surface area contributed by atoms with E-state index in [0.29, 0.717) is 48.6 Å². The third-order valence-electron chi connectivity index (χ3n) is 4.51. The van der Waals surface area contributed by atoms with Gasteiger partial charge in [-0.1, -0.05) is 12.1 Å². The van der Waals surface area contributed by atoms with E-state index in [2.05, 4.69) is 15.3 Å². The summed E-state index contributed by atoms with van der Waals surface area (Å²) in [7, 11) is 0. The van der Waals surface area contributed by atoms with Gasteiger partial charge < -0.3 is 15.0 Å². The summed E-state index contributed by atoms with van der Waals surface area (Å²) < 4.78 is 20.2. The molecule has 0 aliphatic carbocycles. The lowest BCUT2D eigenvalue weighted by Crippen LogP contribution is -2.23. The summed E-state index contributed by atoms with van der Waals surface area (Å²) in [6.45, 7) is 0.692. The first-order valence-corrected chi connectivity index (χ1v) is 9.24. The van der Waals surface area contributed by atoms with Gasteiger partial charge >= 0.3 is 0 Å². The molecule has 7 nitrogen and oxygen atoms in total. The van der Waals surface area contributed by atoms with Crippen molar-refractivity contribution in [3.8, 4) is 5.88 Å². The fourth-order valence-electron chi connectivity index (χ4n) is 3.03. The van der Waals surface area contributed by atoms with Gasteiger partial charge in [0, 0.05) is 25.2 Å². The van der Waals surface area contributed by atoms with Gasteiger partial charge in [-0.15, -0.1) is 0 Å². The van der Waals surface area contributed by atoms with E-state index in [1.807, 2.05) is 0 Å². The number of aromatic nitrogens is 3. The Morgan fingerprint density at radius 1 is 1.17 bits per heavy atom. The van der Waals surface area contributed by atoms with Crippen molar-refractivity contribution >= 4 is 22.6 Å². The van der Waals surface area contributed by atoms with E-state index in [-0.39, 0.29) is 17.3 Å². The fraction of sp³-hybridized carbons (Fsp3) is 0.190. The van der Waals surface area contributed by atoms with Crippen LogP contribution in [0.3, 0.4) is 0 Å². The number of amides is 1. The number of halogens is 1. The molecule has 0 aliphatic rings. The number of aromatic amines is 1. The number of hydrogen-bond donors (Lipinski definition) is 2. The smallest absolute Gasteiger partial charge is 0.272 e. The molecule has 8 heteroatoms. The summed E-state index contributed by atoms with van der Waals surface area (Å²) >= 11 is 0. The lowest BCUT2D eigenvalue weighted by Gasteiger charge is -2.08. The summed E-state index contributed by atoms with van der Waals surface area (Å²) in [4.78, 5) is 31.2. The number of hydrogen-bond acceptors (Lipinski definition) is 4. The molecule has 0 aliphatic heterocycles. The van der Waals surface area contributed by atoms with Crippen LogP contribution in [-0.2, 0) is 11.3 Å². The minimum absolute atomic E-state index is 0.101. The van der Waals surface area contributed by atoms with E-state index in [9.17, 15) is 14.0 Å². The molecule has 0 saturated carbocycles. The number of carbonyl (C=O) groups excluding carboxylic acids is 1. The molecule has 1 aromatic carbocycles. The molecule has 0 bridgehead atoms. The summed E-state index contributed by atoms with van der Waals surface area (Å²) in [5.41, 5.74) is 2.39. The second-order valence-corrected chi connectivity index (χ2v) is 6.59. The number of benzene rings is 1. The van der Waals surface area contributed by atoms with Crippen molar-refractivity contribution in [2.75, 3.05) is 6.61 Å². The number of nitrogens with zero attached hydrogens (tertiary/aromatic N) is 2. The van der Waals surface area contributed by atoms with Gasteiger partial charge in [0.1, 0.15) is 11.3 Å². The highest BCUT2D eigenvalue weighted by atomic mass is 19.1. The van der Waals surface area contributed by atoms with Gasteiger partial charge in [-0.05, 0) is 42.3 Å². The number of nitrogens with one attached hydrogen (secondary N) is 2. The molecular formula is C21H19FN4O3. The molecule has 1 amide bonds. The minimum Gasteiger partial charge on any atom is -0.478 e. The van der Waals surface area contributed by atoms with Gasteiger partial charge in [0.05, 0.1) is 12.1 Å². The highest BCUT2D eigenvalue weighted by Crippen LogP contribution is 2.15. The fourth-order valence-corrected chi connectivity index (χ4v) is 3.03. The Hall–Kier alpha value is -3.68. The van der Waals surface area contributed by atoms with Crippen molar-refractivity contribution in [2.45, 2.75) is 19.4 Å². The van der Waals surface area contributed by atoms with Gasteiger partial charge in [0.25, 0.3) is 5.56 Å². The first kappa shape index (κ1) is 18.7. The van der Waals surface area contributed by atoms with Gasteiger partial charge in [-0.25, -0.2) is 4.39 Å². The lowest BCUT2D eigenvalue weighted by atomic mass is 10.2. The normalized spacial score (nSPS) is 11.1. The van der Waals surface area contributed by atoms with Crippen LogP contribution in [0.25, 0.3) is 16.7 Å². The highest BCUT2D eigenvalue weighted by molar-refractivity contribution is 5.76. The quantitative estimate of drug-likeness (QED) is 0.472. The van der Waals surface area contributed by atoms with Crippen molar-refractivity contribution in [3.63, 3.8) is 0 Å². The maximum atomic E-state index is 12.9. The van der Waals surface area contributed by atoms with Crippen LogP contribution in [0.5, 0.6) is 5.88 Å². The molecule has 29 heavy (non-hydrogen) atoms. The molecular weight excluding hydrogens is 375 g/mol. The number of H-pyrrole nitrogens is 1. The molecule has 4 rings (SSSR count). The first-order chi connectivity index (χ1) is 14.1. The summed E-state index contributed by atoms with van der Waals surface area (Å²) in [5.74, 6) is 0.0192. The topological polar surface area (TPSA) is 88.5 Å². The third-order valence-corrected chi connectivity index (χ3v) is 4.51. The van der Waals surface area contributed by atoms with Crippen molar-refractivity contribution in [2.24, 2.45) is 0 Å². The van der Waals surface area contributed by atoms with Crippen LogP contribution in [0.2, 0.25) is 0 Å². The predicted molar refractivity (Wildman–Crippen MR) is 106 cm³/mol. The average Bonchev–Trinajstić information content (AvgIpc) is 3.22. The SMILES string of the molecule is O=C(CCCOc1ccc2[nH]c(=O)c3cccn3c2n1)NCc1ccc(F)cc1. The Bertz CT molecular complexity index is 1210. The second kappa shape index (κ2) is 8.14. The zero-order valence-corrected chi connectivity index (χ0v) is 15.5. The van der Waals surface area contributed by atoms with Crippen molar-refractivity contribution in [1.82, 2.24) is 19.7 Å².